The highest BCUT2D eigenvalue weighted by molar-refractivity contribution is 6.12. The van der Waals surface area contributed by atoms with E-state index in [-0.39, 0.29) is 78.8 Å². The van der Waals surface area contributed by atoms with Gasteiger partial charge in [0.2, 0.25) is 29.5 Å². The summed E-state index contributed by atoms with van der Waals surface area (Å²) in [7, 11) is 6.10. The van der Waals surface area contributed by atoms with Gasteiger partial charge in [0.25, 0.3) is 11.8 Å². The standard InChI is InChI=1S/C48H71FN6O11/c1-10-30(4)43(53(7)41(60)27-50-46(62)42(29(2)3)52(6)37(56)18-12-11-15-23-54-38(57)19-20-39(54)58)36(65-8)25-40(59)55-28-48(21-22-48)26-35(55)44(66-9)31(5)45(61)51-34(47(63)64)24-32-16-13-14-17-33(32)49/h13-14,16-17,19-20,29-31,34-36,42-44H,10-12,15,18,21-28H2,1-9H3,(H,50,62)(H,51,61)(H,63,64)/t30-,31+,34-,35-,36+,42-,43-,44+/m0/s1. The number of methoxy groups -OCH3 is 2. The van der Waals surface area contributed by atoms with E-state index in [4.69, 9.17) is 9.47 Å². The van der Waals surface area contributed by atoms with Crippen LogP contribution < -0.4 is 10.6 Å². The summed E-state index contributed by atoms with van der Waals surface area (Å²) >= 11 is 0. The zero-order valence-corrected chi connectivity index (χ0v) is 40.0. The van der Waals surface area contributed by atoms with E-state index in [1.807, 2.05) is 27.7 Å². The second-order valence-electron chi connectivity index (χ2n) is 18.7. The fraction of sp³-hybridized carbons (Fsp3) is 0.667. The lowest BCUT2D eigenvalue weighted by Gasteiger charge is -2.39. The number of carbonyl (C=O) groups is 8. The van der Waals surface area contributed by atoms with Gasteiger partial charge in [0, 0.05) is 66.4 Å². The maximum Gasteiger partial charge on any atom is 0.326 e. The Balaban J connectivity index is 1.38. The molecule has 1 aliphatic carbocycles. The van der Waals surface area contributed by atoms with Crippen molar-refractivity contribution in [2.75, 3.05) is 47.9 Å². The Labute approximate surface area is 388 Å². The van der Waals surface area contributed by atoms with Gasteiger partial charge in [0.05, 0.1) is 43.2 Å². The average molecular weight is 927 g/mol. The summed E-state index contributed by atoms with van der Waals surface area (Å²) in [4.78, 5) is 110. The first-order valence-electron chi connectivity index (χ1n) is 23.1. The lowest BCUT2D eigenvalue weighted by atomic mass is 9.90. The van der Waals surface area contributed by atoms with E-state index in [1.54, 1.807) is 32.0 Å². The molecule has 0 unspecified atom stereocenters. The molecule has 8 atom stereocenters. The van der Waals surface area contributed by atoms with Gasteiger partial charge in [-0.2, -0.15) is 0 Å². The molecule has 3 aliphatic rings. The maximum absolute atomic E-state index is 14.5. The molecule has 3 N–H and O–H groups in total. The molecule has 17 nitrogen and oxygen atoms in total. The number of unbranched alkanes of at least 4 members (excludes halogenated alkanes) is 2. The summed E-state index contributed by atoms with van der Waals surface area (Å²) in [5, 5.41) is 15.2. The minimum absolute atomic E-state index is 0.100. The number of likely N-dealkylation sites (tertiary alicyclic amines) is 1. The van der Waals surface area contributed by atoms with Crippen LogP contribution in [0.4, 0.5) is 4.39 Å². The summed E-state index contributed by atoms with van der Waals surface area (Å²) in [6.45, 7) is 9.51. The van der Waals surface area contributed by atoms with Crippen LogP contribution in [0.3, 0.4) is 0 Å². The molecule has 18 heteroatoms. The number of hydrogen-bond acceptors (Lipinski definition) is 10. The van der Waals surface area contributed by atoms with E-state index >= 15 is 0 Å². The number of aliphatic carboxylic acids is 1. The first kappa shape index (κ1) is 53.4. The molecular formula is C48H71FN6O11. The predicted molar refractivity (Wildman–Crippen MR) is 242 cm³/mol. The summed E-state index contributed by atoms with van der Waals surface area (Å²) in [6.07, 6.45) is 5.36. The Hall–Kier alpha value is -5.23. The highest BCUT2D eigenvalue weighted by atomic mass is 19.1. The topological polar surface area (TPSA) is 212 Å². The average Bonchev–Trinajstić information content (AvgIpc) is 3.83. The van der Waals surface area contributed by atoms with Crippen molar-refractivity contribution in [1.82, 2.24) is 30.2 Å². The van der Waals surface area contributed by atoms with Crippen molar-refractivity contribution in [3.8, 4) is 0 Å². The van der Waals surface area contributed by atoms with Crippen LogP contribution in [0.5, 0.6) is 0 Å². The van der Waals surface area contributed by atoms with E-state index in [0.717, 1.165) is 17.7 Å². The molecule has 2 heterocycles. The van der Waals surface area contributed by atoms with Crippen molar-refractivity contribution < 1.29 is 57.3 Å². The van der Waals surface area contributed by atoms with Crippen LogP contribution in [0.2, 0.25) is 0 Å². The zero-order chi connectivity index (χ0) is 49.0. The Morgan fingerprint density at radius 1 is 0.909 bits per heavy atom. The number of hydrogen-bond donors (Lipinski definition) is 3. The van der Waals surface area contributed by atoms with Crippen LogP contribution in [-0.2, 0) is 54.3 Å². The summed E-state index contributed by atoms with van der Waals surface area (Å²) < 4.78 is 26.3. The zero-order valence-electron chi connectivity index (χ0n) is 40.0. The minimum Gasteiger partial charge on any atom is -0.480 e. The molecule has 1 spiro atoms. The molecule has 2 aliphatic heterocycles. The number of amides is 7. The number of ether oxygens (including phenoxy) is 2. The van der Waals surface area contributed by atoms with Crippen LogP contribution >= 0.6 is 0 Å². The van der Waals surface area contributed by atoms with Crippen LogP contribution in [0.1, 0.15) is 98.0 Å². The Morgan fingerprint density at radius 2 is 1.56 bits per heavy atom. The van der Waals surface area contributed by atoms with Gasteiger partial charge >= 0.3 is 5.97 Å². The number of halogens is 1. The number of likely N-dealkylation sites (N-methyl/N-ethyl adjacent to an activating group) is 2. The first-order chi connectivity index (χ1) is 31.2. The fourth-order valence-corrected chi connectivity index (χ4v) is 9.50. The summed E-state index contributed by atoms with van der Waals surface area (Å²) in [5.41, 5.74) is 0.0171. The Morgan fingerprint density at radius 3 is 2.12 bits per heavy atom. The second kappa shape index (κ2) is 24.0. The molecule has 0 aromatic heterocycles. The SMILES string of the molecule is CC[C@H](C)[C@@H]([C@@H](CC(=O)N1CC2(CC2)C[C@H]1[C@H](OC)[C@@H](C)C(=O)N[C@@H](Cc1ccccc1F)C(=O)O)OC)N(C)C(=O)CNC(=O)[C@H](C(C)C)N(C)C(=O)CCCCCN1C(=O)C=CC1=O. The van der Waals surface area contributed by atoms with E-state index < -0.39 is 71.8 Å². The number of nitrogens with zero attached hydrogens (tertiary/aromatic N) is 4. The van der Waals surface area contributed by atoms with Gasteiger partial charge in [0.1, 0.15) is 17.9 Å². The number of carboxylic acids is 1. The number of benzene rings is 1. The normalized spacial score (nSPS) is 19.5. The van der Waals surface area contributed by atoms with Gasteiger partial charge in [-0.3, -0.25) is 38.5 Å². The van der Waals surface area contributed by atoms with Crippen molar-refractivity contribution in [2.24, 2.45) is 23.2 Å². The monoisotopic (exact) mass is 927 g/mol. The largest absolute Gasteiger partial charge is 0.480 e. The van der Waals surface area contributed by atoms with Crippen molar-refractivity contribution in [1.29, 1.82) is 0 Å². The molecule has 366 valence electrons. The van der Waals surface area contributed by atoms with Crippen molar-refractivity contribution in [3.05, 3.63) is 47.8 Å². The van der Waals surface area contributed by atoms with Gasteiger partial charge < -0.3 is 39.9 Å². The third-order valence-corrected chi connectivity index (χ3v) is 13.8. The van der Waals surface area contributed by atoms with Crippen molar-refractivity contribution >= 4 is 47.3 Å². The van der Waals surface area contributed by atoms with Gasteiger partial charge in [0.15, 0.2) is 0 Å². The third kappa shape index (κ3) is 13.4. The maximum atomic E-state index is 14.5. The molecule has 7 amide bonds. The molecular weight excluding hydrogens is 856 g/mol. The highest BCUT2D eigenvalue weighted by Gasteiger charge is 2.56. The molecule has 1 saturated heterocycles. The molecule has 2 fully saturated rings. The Bertz CT molecular complexity index is 1940. The molecule has 1 aromatic carbocycles. The van der Waals surface area contributed by atoms with Gasteiger partial charge in [-0.15, -0.1) is 0 Å². The lowest BCUT2D eigenvalue weighted by Crippen LogP contribution is -2.56. The quantitative estimate of drug-likeness (QED) is 0.0906. The smallest absolute Gasteiger partial charge is 0.326 e. The molecule has 0 radical (unpaired) electrons. The summed E-state index contributed by atoms with van der Waals surface area (Å²) in [5.74, 6) is -5.93. The van der Waals surface area contributed by atoms with E-state index in [2.05, 4.69) is 10.6 Å². The molecule has 1 aromatic rings. The molecule has 1 saturated carbocycles. The van der Waals surface area contributed by atoms with Crippen LogP contribution in [0, 0.1) is 29.0 Å². The van der Waals surface area contributed by atoms with Crippen molar-refractivity contribution in [2.45, 2.75) is 135 Å². The van der Waals surface area contributed by atoms with Gasteiger partial charge in [-0.05, 0) is 61.0 Å². The van der Waals surface area contributed by atoms with Crippen LogP contribution in [0.25, 0.3) is 0 Å². The Kier molecular flexibility index (Phi) is 19.4. The van der Waals surface area contributed by atoms with Crippen LogP contribution in [0.15, 0.2) is 36.4 Å². The summed E-state index contributed by atoms with van der Waals surface area (Å²) in [6, 6.07) is 2.40. The minimum atomic E-state index is -1.40. The fourth-order valence-electron chi connectivity index (χ4n) is 9.50. The van der Waals surface area contributed by atoms with Gasteiger partial charge in [-0.25, -0.2) is 9.18 Å². The molecule has 66 heavy (non-hydrogen) atoms. The van der Waals surface area contributed by atoms with E-state index in [0.29, 0.717) is 38.6 Å². The number of rotatable bonds is 26. The lowest BCUT2D eigenvalue weighted by molar-refractivity contribution is -0.147. The van der Waals surface area contributed by atoms with Gasteiger partial charge in [-0.1, -0.05) is 65.7 Å². The van der Waals surface area contributed by atoms with Crippen LogP contribution in [-0.4, -0.2) is 156 Å². The third-order valence-electron chi connectivity index (χ3n) is 13.8. The second-order valence-corrected chi connectivity index (χ2v) is 18.7. The number of nitrogens with one attached hydrogen (secondary N) is 2. The first-order valence-corrected chi connectivity index (χ1v) is 23.1. The molecule has 4 rings (SSSR count). The number of carboxylic acid groups (broad SMARTS) is 1. The van der Waals surface area contributed by atoms with E-state index in [1.165, 1.54) is 54.4 Å². The van der Waals surface area contributed by atoms with Crippen molar-refractivity contribution in [3.63, 3.8) is 0 Å². The predicted octanol–water partition coefficient (Wildman–Crippen LogP) is 3.33. The van der Waals surface area contributed by atoms with E-state index in [9.17, 15) is 47.9 Å². The number of imide groups is 1. The molecule has 0 bridgehead atoms. The highest BCUT2D eigenvalue weighted by Crippen LogP contribution is 2.56. The number of carbonyl (C=O) groups excluding carboxylic acids is 7.